The van der Waals surface area contributed by atoms with Crippen molar-refractivity contribution in [2.24, 2.45) is 0 Å². The fourth-order valence-electron chi connectivity index (χ4n) is 2.16. The van der Waals surface area contributed by atoms with Gasteiger partial charge in [0.15, 0.2) is 0 Å². The maximum atomic E-state index is 11.0. The van der Waals surface area contributed by atoms with E-state index in [4.69, 9.17) is 4.42 Å². The minimum atomic E-state index is -0.464. The quantitative estimate of drug-likeness (QED) is 0.310. The van der Waals surface area contributed by atoms with Gasteiger partial charge in [-0.3, -0.25) is 15.1 Å². The first-order valence-electron chi connectivity index (χ1n) is 7.01. The van der Waals surface area contributed by atoms with E-state index in [0.717, 1.165) is 11.8 Å². The summed E-state index contributed by atoms with van der Waals surface area (Å²) in [7, 11) is 0. The van der Waals surface area contributed by atoms with Gasteiger partial charge in [-0.15, -0.1) is 10.2 Å². The first-order chi connectivity index (χ1) is 12.2. The fraction of sp³-hybridized carbons (Fsp3) is 0. The summed E-state index contributed by atoms with van der Waals surface area (Å²) < 4.78 is 5.61. The summed E-state index contributed by atoms with van der Waals surface area (Å²) in [6.07, 6.45) is 4.65. The molecule has 0 radical (unpaired) electrons. The van der Waals surface area contributed by atoms with Crippen LogP contribution in [0.25, 0.3) is 22.4 Å². The molecule has 0 unspecified atom stereocenters. The third-order valence-electron chi connectivity index (χ3n) is 3.29. The molecule has 1 aromatic carbocycles. The standard InChI is InChI=1S/C15H8N6O3S/c22-21(23)10-3-4-12-11(6-10)14(18-8-17-12)25-15-20-19-13(24-15)9-2-1-5-16-7-9/h1-8H. The molecule has 3 heterocycles. The van der Waals surface area contributed by atoms with Crippen molar-refractivity contribution in [2.75, 3.05) is 0 Å². The van der Waals surface area contributed by atoms with Crippen molar-refractivity contribution >= 4 is 28.4 Å². The van der Waals surface area contributed by atoms with Crippen molar-refractivity contribution in [3.05, 3.63) is 59.2 Å². The second-order valence-corrected chi connectivity index (χ2v) is 5.79. The van der Waals surface area contributed by atoms with E-state index in [2.05, 4.69) is 25.1 Å². The minimum absolute atomic E-state index is 0.0364. The maximum absolute atomic E-state index is 11.0. The molecule has 0 aliphatic heterocycles. The van der Waals surface area contributed by atoms with Gasteiger partial charge < -0.3 is 4.42 Å². The molecule has 9 nitrogen and oxygen atoms in total. The van der Waals surface area contributed by atoms with Crippen LogP contribution in [0, 0.1) is 10.1 Å². The zero-order chi connectivity index (χ0) is 17.2. The van der Waals surface area contributed by atoms with Gasteiger partial charge in [0.25, 0.3) is 10.9 Å². The lowest BCUT2D eigenvalue weighted by atomic mass is 10.2. The highest BCUT2D eigenvalue weighted by Crippen LogP contribution is 2.33. The lowest BCUT2D eigenvalue weighted by molar-refractivity contribution is -0.384. The average Bonchev–Trinajstić information content (AvgIpc) is 3.11. The predicted molar refractivity (Wildman–Crippen MR) is 87.8 cm³/mol. The molecule has 0 atom stereocenters. The van der Waals surface area contributed by atoms with Gasteiger partial charge in [0.1, 0.15) is 11.4 Å². The SMILES string of the molecule is O=[N+]([O-])c1ccc2ncnc(Sc3nnc(-c4cccnc4)o3)c2c1. The lowest BCUT2D eigenvalue weighted by Gasteiger charge is -2.01. The Labute approximate surface area is 144 Å². The zero-order valence-corrected chi connectivity index (χ0v) is 13.3. The number of nitro groups is 1. The number of fused-ring (bicyclic) bond motifs is 1. The Balaban J connectivity index is 1.70. The van der Waals surface area contributed by atoms with E-state index >= 15 is 0 Å². The van der Waals surface area contributed by atoms with Crippen molar-refractivity contribution in [3.8, 4) is 11.5 Å². The van der Waals surface area contributed by atoms with E-state index in [1.165, 1.54) is 18.5 Å². The third-order valence-corrected chi connectivity index (χ3v) is 4.15. The largest absolute Gasteiger partial charge is 0.411 e. The van der Waals surface area contributed by atoms with Gasteiger partial charge in [0.05, 0.1) is 16.0 Å². The van der Waals surface area contributed by atoms with Gasteiger partial charge in [-0.2, -0.15) is 0 Å². The Morgan fingerprint density at radius 1 is 1.16 bits per heavy atom. The molecule has 0 fully saturated rings. The maximum Gasteiger partial charge on any atom is 0.283 e. The first kappa shape index (κ1) is 15.1. The third kappa shape index (κ3) is 3.02. The summed E-state index contributed by atoms with van der Waals surface area (Å²) in [5.41, 5.74) is 1.26. The van der Waals surface area contributed by atoms with Crippen LogP contribution in [0.15, 0.2) is 63.7 Å². The minimum Gasteiger partial charge on any atom is -0.411 e. The summed E-state index contributed by atoms with van der Waals surface area (Å²) >= 11 is 1.12. The molecule has 0 N–H and O–H groups in total. The summed E-state index contributed by atoms with van der Waals surface area (Å²) in [5, 5.41) is 20.2. The van der Waals surface area contributed by atoms with Gasteiger partial charge in [-0.1, -0.05) is 0 Å². The Morgan fingerprint density at radius 3 is 2.88 bits per heavy atom. The molecular formula is C15H8N6O3S. The summed E-state index contributed by atoms with van der Waals surface area (Å²) in [5.74, 6) is 0.333. The van der Waals surface area contributed by atoms with E-state index in [1.807, 2.05) is 0 Å². The molecule has 0 aliphatic carbocycles. The number of hydrogen-bond acceptors (Lipinski definition) is 9. The van der Waals surface area contributed by atoms with Crippen LogP contribution in [0.5, 0.6) is 0 Å². The van der Waals surface area contributed by atoms with Gasteiger partial charge in [0.2, 0.25) is 5.89 Å². The van der Waals surface area contributed by atoms with Crippen molar-refractivity contribution in [1.29, 1.82) is 0 Å². The average molecular weight is 352 g/mol. The molecule has 0 saturated carbocycles. The highest BCUT2D eigenvalue weighted by molar-refractivity contribution is 7.99. The Hall–Kier alpha value is -3.40. The van der Waals surface area contributed by atoms with E-state index in [1.54, 1.807) is 30.6 Å². The molecule has 0 bridgehead atoms. The number of benzene rings is 1. The van der Waals surface area contributed by atoms with Crippen molar-refractivity contribution in [2.45, 2.75) is 10.2 Å². The highest BCUT2D eigenvalue weighted by Gasteiger charge is 2.15. The van der Waals surface area contributed by atoms with Crippen LogP contribution in [0.3, 0.4) is 0 Å². The first-order valence-corrected chi connectivity index (χ1v) is 7.83. The van der Waals surface area contributed by atoms with Crippen LogP contribution in [0.4, 0.5) is 5.69 Å². The Morgan fingerprint density at radius 2 is 2.08 bits per heavy atom. The molecule has 25 heavy (non-hydrogen) atoms. The molecule has 10 heteroatoms. The van der Waals surface area contributed by atoms with E-state index in [-0.39, 0.29) is 10.9 Å². The van der Waals surface area contributed by atoms with Gasteiger partial charge in [0, 0.05) is 29.9 Å². The Kier molecular flexibility index (Phi) is 3.78. The number of aromatic nitrogens is 5. The number of nitrogens with zero attached hydrogens (tertiary/aromatic N) is 6. The van der Waals surface area contributed by atoms with Crippen molar-refractivity contribution in [3.63, 3.8) is 0 Å². The molecular weight excluding hydrogens is 344 g/mol. The smallest absolute Gasteiger partial charge is 0.283 e. The van der Waals surface area contributed by atoms with Gasteiger partial charge in [-0.05, 0) is 30.0 Å². The monoisotopic (exact) mass is 352 g/mol. The molecule has 0 aliphatic rings. The Bertz CT molecular complexity index is 1070. The van der Waals surface area contributed by atoms with Crippen LogP contribution < -0.4 is 0 Å². The van der Waals surface area contributed by atoms with Crippen molar-refractivity contribution in [1.82, 2.24) is 25.1 Å². The number of hydrogen-bond donors (Lipinski definition) is 0. The molecule has 0 saturated heterocycles. The second kappa shape index (κ2) is 6.24. The van der Waals surface area contributed by atoms with Crippen LogP contribution in [0.1, 0.15) is 0 Å². The van der Waals surface area contributed by atoms with Crippen LogP contribution in [0.2, 0.25) is 0 Å². The van der Waals surface area contributed by atoms with Crippen LogP contribution in [-0.4, -0.2) is 30.1 Å². The number of rotatable bonds is 4. The normalized spacial score (nSPS) is 10.9. The molecule has 4 rings (SSSR count). The zero-order valence-electron chi connectivity index (χ0n) is 12.4. The molecule has 0 amide bonds. The van der Waals surface area contributed by atoms with Gasteiger partial charge in [-0.25, -0.2) is 9.97 Å². The van der Waals surface area contributed by atoms with E-state index < -0.39 is 4.92 Å². The highest BCUT2D eigenvalue weighted by atomic mass is 32.2. The number of non-ortho nitro benzene ring substituents is 1. The van der Waals surface area contributed by atoms with E-state index in [9.17, 15) is 10.1 Å². The summed E-state index contributed by atoms with van der Waals surface area (Å²) in [6, 6.07) is 7.98. The summed E-state index contributed by atoms with van der Waals surface area (Å²) in [6.45, 7) is 0. The van der Waals surface area contributed by atoms with Crippen LogP contribution >= 0.6 is 11.8 Å². The van der Waals surface area contributed by atoms with Crippen LogP contribution in [-0.2, 0) is 0 Å². The molecule has 0 spiro atoms. The molecule has 4 aromatic rings. The molecule has 3 aromatic heterocycles. The second-order valence-electron chi connectivity index (χ2n) is 4.85. The number of nitro benzene ring substituents is 1. The predicted octanol–water partition coefficient (Wildman–Crippen LogP) is 3.13. The number of pyridine rings is 1. The molecule has 122 valence electrons. The van der Waals surface area contributed by atoms with Crippen molar-refractivity contribution < 1.29 is 9.34 Å². The lowest BCUT2D eigenvalue weighted by Crippen LogP contribution is -1.91. The topological polar surface area (TPSA) is 121 Å². The van der Waals surface area contributed by atoms with Gasteiger partial charge >= 0.3 is 0 Å². The van der Waals surface area contributed by atoms with E-state index in [0.29, 0.717) is 27.4 Å². The summed E-state index contributed by atoms with van der Waals surface area (Å²) in [4.78, 5) is 22.8. The fourth-order valence-corrected chi connectivity index (χ4v) is 2.90.